The number of para-hydroxylation sites is 1. The fourth-order valence-corrected chi connectivity index (χ4v) is 4.71. The number of nitrogens with zero attached hydrogens (tertiary/aromatic N) is 2. The predicted molar refractivity (Wildman–Crippen MR) is 156 cm³/mol. The quantitative estimate of drug-likeness (QED) is 0.210. The molecule has 2 aromatic heterocycles. The molecule has 210 valence electrons. The fourth-order valence-electron chi connectivity index (χ4n) is 4.71. The van der Waals surface area contributed by atoms with Gasteiger partial charge in [-0.1, -0.05) is 24.3 Å². The molecule has 1 unspecified atom stereocenters. The molecular formula is C31H30FN5O4. The predicted octanol–water partition coefficient (Wildman–Crippen LogP) is 4.64. The van der Waals surface area contributed by atoms with Crippen LogP contribution in [0.25, 0.3) is 16.6 Å². The molecule has 5 rings (SSSR count). The molecule has 0 radical (unpaired) electrons. The zero-order valence-electron chi connectivity index (χ0n) is 22.9. The van der Waals surface area contributed by atoms with Gasteiger partial charge in [0.2, 0.25) is 0 Å². The van der Waals surface area contributed by atoms with Gasteiger partial charge < -0.3 is 20.5 Å². The Balaban J connectivity index is 1.25. The molecular weight excluding hydrogens is 525 g/mol. The number of aryl methyl sites for hydroxylation is 1. The zero-order chi connectivity index (χ0) is 29.1. The molecule has 5 aromatic rings. The maximum absolute atomic E-state index is 15.1. The van der Waals surface area contributed by atoms with Crippen molar-refractivity contribution in [2.75, 3.05) is 19.0 Å². The highest BCUT2D eigenvalue weighted by atomic mass is 19.1. The van der Waals surface area contributed by atoms with Crippen molar-refractivity contribution in [1.29, 1.82) is 0 Å². The van der Waals surface area contributed by atoms with E-state index in [4.69, 9.17) is 4.74 Å². The number of H-pyrrole nitrogens is 1. The number of benzene rings is 3. The summed E-state index contributed by atoms with van der Waals surface area (Å²) in [5.74, 6) is -0.426. The number of hydrogen-bond donors (Lipinski definition) is 4. The van der Waals surface area contributed by atoms with Gasteiger partial charge >= 0.3 is 0 Å². The first-order chi connectivity index (χ1) is 19.6. The Morgan fingerprint density at radius 3 is 2.61 bits per heavy atom. The van der Waals surface area contributed by atoms with Crippen molar-refractivity contribution in [3.05, 3.63) is 112 Å². The molecule has 0 bridgehead atoms. The Hall–Kier alpha value is -4.96. The highest BCUT2D eigenvalue weighted by molar-refractivity contribution is 5.95. The molecule has 3 aromatic carbocycles. The number of carbonyl (C=O) groups is 1. The van der Waals surface area contributed by atoms with Gasteiger partial charge in [0.05, 0.1) is 29.6 Å². The van der Waals surface area contributed by atoms with E-state index in [0.29, 0.717) is 33.9 Å². The van der Waals surface area contributed by atoms with Gasteiger partial charge in [0.25, 0.3) is 11.5 Å². The molecule has 0 aliphatic rings. The highest BCUT2D eigenvalue weighted by Gasteiger charge is 2.25. The van der Waals surface area contributed by atoms with E-state index in [0.717, 1.165) is 5.39 Å². The summed E-state index contributed by atoms with van der Waals surface area (Å²) in [5, 5.41) is 20.5. The van der Waals surface area contributed by atoms with Gasteiger partial charge in [0, 0.05) is 42.0 Å². The number of aromatic amines is 1. The smallest absolute Gasteiger partial charge is 0.284 e. The van der Waals surface area contributed by atoms with Crippen LogP contribution in [0.15, 0.2) is 83.8 Å². The van der Waals surface area contributed by atoms with Crippen LogP contribution in [0.5, 0.6) is 5.75 Å². The molecule has 9 nitrogen and oxygen atoms in total. The molecule has 0 aliphatic heterocycles. The lowest BCUT2D eigenvalue weighted by molar-refractivity contribution is 0.0551. The van der Waals surface area contributed by atoms with E-state index >= 15 is 4.39 Å². The molecule has 0 aliphatic carbocycles. The van der Waals surface area contributed by atoms with Crippen molar-refractivity contribution >= 4 is 28.2 Å². The average molecular weight is 556 g/mol. The third kappa shape index (κ3) is 5.97. The maximum Gasteiger partial charge on any atom is 0.284 e. The van der Waals surface area contributed by atoms with E-state index < -0.39 is 22.9 Å². The van der Waals surface area contributed by atoms with Gasteiger partial charge in [-0.3, -0.25) is 19.7 Å². The Morgan fingerprint density at radius 1 is 1.10 bits per heavy atom. The van der Waals surface area contributed by atoms with Gasteiger partial charge in [-0.05, 0) is 61.9 Å². The second kappa shape index (κ2) is 11.3. The number of halogens is 1. The summed E-state index contributed by atoms with van der Waals surface area (Å²) in [6.45, 7) is 3.04. The van der Waals surface area contributed by atoms with Gasteiger partial charge in [-0.25, -0.2) is 9.07 Å². The Kier molecular flexibility index (Phi) is 7.58. The Labute approximate surface area is 235 Å². The summed E-state index contributed by atoms with van der Waals surface area (Å²) in [7, 11) is 1.58. The van der Waals surface area contributed by atoms with E-state index in [9.17, 15) is 14.7 Å². The summed E-state index contributed by atoms with van der Waals surface area (Å²) in [4.78, 5) is 30.1. The largest absolute Gasteiger partial charge is 0.497 e. The monoisotopic (exact) mass is 555 g/mol. The molecule has 4 N–H and O–H groups in total. The summed E-state index contributed by atoms with van der Waals surface area (Å²) >= 11 is 0. The van der Waals surface area contributed by atoms with Crippen molar-refractivity contribution in [1.82, 2.24) is 20.1 Å². The first kappa shape index (κ1) is 27.6. The third-order valence-corrected chi connectivity index (χ3v) is 6.78. The van der Waals surface area contributed by atoms with Gasteiger partial charge in [0.15, 0.2) is 0 Å². The Bertz CT molecular complexity index is 1780. The number of ether oxygens (including phenoxy) is 1. The molecule has 0 fully saturated rings. The number of aromatic nitrogens is 3. The number of carbonyl (C=O) groups excluding carboxylic acids is 1. The minimum atomic E-state index is -1.40. The second-order valence-electron chi connectivity index (χ2n) is 10.1. The highest BCUT2D eigenvalue weighted by Crippen LogP contribution is 2.29. The molecule has 0 spiro atoms. The molecule has 1 atom stereocenters. The summed E-state index contributed by atoms with van der Waals surface area (Å²) in [5.41, 5.74) is 1.28. The van der Waals surface area contributed by atoms with Gasteiger partial charge in [0.1, 0.15) is 17.1 Å². The number of pyridine rings is 1. The molecule has 1 amide bonds. The van der Waals surface area contributed by atoms with Crippen LogP contribution >= 0.6 is 0 Å². The van der Waals surface area contributed by atoms with E-state index in [2.05, 4.69) is 20.7 Å². The molecule has 10 heteroatoms. The Morgan fingerprint density at radius 2 is 1.88 bits per heavy atom. The number of rotatable bonds is 9. The number of aliphatic hydroxyl groups is 1. The minimum Gasteiger partial charge on any atom is -0.497 e. The van der Waals surface area contributed by atoms with Crippen LogP contribution in [-0.4, -0.2) is 45.0 Å². The van der Waals surface area contributed by atoms with Crippen molar-refractivity contribution in [3.63, 3.8) is 0 Å². The van der Waals surface area contributed by atoms with Gasteiger partial charge in [-0.2, -0.15) is 0 Å². The lowest BCUT2D eigenvalue weighted by Gasteiger charge is -2.24. The van der Waals surface area contributed by atoms with Crippen LogP contribution in [0.1, 0.15) is 28.5 Å². The average Bonchev–Trinajstić information content (AvgIpc) is 3.26. The van der Waals surface area contributed by atoms with Crippen LogP contribution in [0, 0.1) is 12.7 Å². The number of methoxy groups -OCH3 is 1. The first-order valence-corrected chi connectivity index (χ1v) is 13.0. The number of nitrogens with one attached hydrogen (secondary N) is 3. The van der Waals surface area contributed by atoms with Crippen molar-refractivity contribution in [2.24, 2.45) is 0 Å². The standard InChI is InChI=1S/C31H30FN5O4/c1-19-28(30(39)37(36-19)21-7-5-4-6-8-21)29(38)34-18-31(2,40)17-20-9-12-26(24(32)15-20)35-25-13-14-33-27-16-22(41-3)10-11-23(25)27/h4-16,36,40H,17-18H2,1-3H3,(H,33,35)(H,34,38). The van der Waals surface area contributed by atoms with E-state index in [1.54, 1.807) is 75.7 Å². The van der Waals surface area contributed by atoms with Crippen molar-refractivity contribution in [2.45, 2.75) is 25.9 Å². The third-order valence-electron chi connectivity index (χ3n) is 6.78. The number of fused-ring (bicyclic) bond motifs is 1. The van der Waals surface area contributed by atoms with Crippen LogP contribution in [0.3, 0.4) is 0 Å². The van der Waals surface area contributed by atoms with Crippen LogP contribution in [-0.2, 0) is 6.42 Å². The van der Waals surface area contributed by atoms with Crippen molar-refractivity contribution in [3.8, 4) is 11.4 Å². The maximum atomic E-state index is 15.1. The summed E-state index contributed by atoms with van der Waals surface area (Å²) in [6, 6.07) is 20.8. The van der Waals surface area contributed by atoms with E-state index in [1.165, 1.54) is 10.7 Å². The lowest BCUT2D eigenvalue weighted by atomic mass is 9.96. The van der Waals surface area contributed by atoms with E-state index in [-0.39, 0.29) is 24.2 Å². The molecule has 41 heavy (non-hydrogen) atoms. The topological polar surface area (TPSA) is 121 Å². The van der Waals surface area contributed by atoms with E-state index in [1.807, 2.05) is 18.2 Å². The molecule has 0 saturated heterocycles. The number of hydrogen-bond acceptors (Lipinski definition) is 6. The first-order valence-electron chi connectivity index (χ1n) is 13.0. The SMILES string of the molecule is COc1ccc2c(Nc3ccc(CC(C)(O)CNC(=O)c4c(C)[nH]n(-c5ccccc5)c4=O)cc3F)ccnc2c1. The van der Waals surface area contributed by atoms with Crippen LogP contribution in [0.2, 0.25) is 0 Å². The lowest BCUT2D eigenvalue weighted by Crippen LogP contribution is -2.43. The second-order valence-corrected chi connectivity index (χ2v) is 10.1. The number of anilines is 2. The van der Waals surface area contributed by atoms with Crippen molar-refractivity contribution < 1.29 is 19.0 Å². The van der Waals surface area contributed by atoms with Crippen LogP contribution in [0.4, 0.5) is 15.8 Å². The number of amides is 1. The minimum absolute atomic E-state index is 0.0341. The molecule has 2 heterocycles. The zero-order valence-corrected chi connectivity index (χ0v) is 22.9. The van der Waals surface area contributed by atoms with Crippen LogP contribution < -0.4 is 20.9 Å². The molecule has 0 saturated carbocycles. The normalized spacial score (nSPS) is 12.6. The van der Waals surface area contributed by atoms with Gasteiger partial charge in [-0.15, -0.1) is 0 Å². The summed E-state index contributed by atoms with van der Waals surface area (Å²) < 4.78 is 21.7. The summed E-state index contributed by atoms with van der Waals surface area (Å²) in [6.07, 6.45) is 1.70. The fraction of sp³-hybridized carbons (Fsp3) is 0.194.